The molecular weight excluding hydrogens is 278 g/mol. The highest BCUT2D eigenvalue weighted by molar-refractivity contribution is 5.97. The van der Waals surface area contributed by atoms with Crippen LogP contribution in [0.2, 0.25) is 0 Å². The van der Waals surface area contributed by atoms with E-state index in [2.05, 4.69) is 10.3 Å². The van der Waals surface area contributed by atoms with E-state index in [1.54, 1.807) is 29.4 Å². The number of rotatable bonds is 4. The Morgan fingerprint density at radius 3 is 2.64 bits per heavy atom. The molecule has 1 aromatic heterocycles. The molecule has 1 aliphatic heterocycles. The van der Waals surface area contributed by atoms with Gasteiger partial charge in [0.25, 0.3) is 0 Å². The van der Waals surface area contributed by atoms with E-state index in [4.69, 9.17) is 0 Å². The molecule has 0 unspecified atom stereocenters. The average molecular weight is 295 g/mol. The lowest BCUT2D eigenvalue weighted by Crippen LogP contribution is -2.28. The first kappa shape index (κ1) is 14.3. The summed E-state index contributed by atoms with van der Waals surface area (Å²) >= 11 is 0. The molecule has 0 spiro atoms. The van der Waals surface area contributed by atoms with Crippen molar-refractivity contribution in [2.75, 3.05) is 11.9 Å². The van der Waals surface area contributed by atoms with Crippen LogP contribution in [0, 0.1) is 5.92 Å². The number of pyridine rings is 1. The quantitative estimate of drug-likeness (QED) is 0.939. The SMILES string of the molecule is O=C(Nc1ccncc1)[C@H]1CC(=O)N(Cc2ccccc2)C1. The number of anilines is 1. The summed E-state index contributed by atoms with van der Waals surface area (Å²) < 4.78 is 0. The Labute approximate surface area is 129 Å². The predicted octanol–water partition coefficient (Wildman–Crippen LogP) is 2.07. The second-order valence-corrected chi connectivity index (χ2v) is 5.39. The first-order valence-corrected chi connectivity index (χ1v) is 7.25. The topological polar surface area (TPSA) is 62.3 Å². The Hall–Kier alpha value is -2.69. The number of hydrogen-bond acceptors (Lipinski definition) is 3. The molecule has 0 saturated carbocycles. The zero-order chi connectivity index (χ0) is 15.4. The van der Waals surface area contributed by atoms with Crippen molar-refractivity contribution >= 4 is 17.5 Å². The third-order valence-corrected chi connectivity index (χ3v) is 3.75. The zero-order valence-corrected chi connectivity index (χ0v) is 12.1. The number of nitrogens with zero attached hydrogens (tertiary/aromatic N) is 2. The molecule has 5 nitrogen and oxygen atoms in total. The maximum absolute atomic E-state index is 12.2. The van der Waals surface area contributed by atoms with Gasteiger partial charge >= 0.3 is 0 Å². The number of amides is 2. The van der Waals surface area contributed by atoms with Gasteiger partial charge < -0.3 is 10.2 Å². The van der Waals surface area contributed by atoms with Crippen LogP contribution in [0.15, 0.2) is 54.9 Å². The molecule has 1 atom stereocenters. The van der Waals surface area contributed by atoms with Gasteiger partial charge in [0.05, 0.1) is 5.92 Å². The number of benzene rings is 1. The summed E-state index contributed by atoms with van der Waals surface area (Å²) in [5, 5.41) is 2.83. The van der Waals surface area contributed by atoms with Gasteiger partial charge in [0.1, 0.15) is 0 Å². The third-order valence-electron chi connectivity index (χ3n) is 3.75. The summed E-state index contributed by atoms with van der Waals surface area (Å²) in [6, 6.07) is 13.3. The van der Waals surface area contributed by atoms with Crippen LogP contribution in [0.5, 0.6) is 0 Å². The monoisotopic (exact) mass is 295 g/mol. The maximum atomic E-state index is 12.2. The minimum absolute atomic E-state index is 0.0266. The van der Waals surface area contributed by atoms with E-state index in [0.717, 1.165) is 5.56 Å². The van der Waals surface area contributed by atoms with E-state index in [9.17, 15) is 9.59 Å². The Balaban J connectivity index is 1.60. The van der Waals surface area contributed by atoms with Gasteiger partial charge in [0.2, 0.25) is 11.8 Å². The van der Waals surface area contributed by atoms with E-state index in [1.807, 2.05) is 30.3 Å². The summed E-state index contributed by atoms with van der Waals surface area (Å²) in [6.45, 7) is 1.02. The molecule has 2 amide bonds. The Morgan fingerprint density at radius 2 is 1.91 bits per heavy atom. The lowest BCUT2D eigenvalue weighted by Gasteiger charge is -2.16. The van der Waals surface area contributed by atoms with E-state index in [1.165, 1.54) is 0 Å². The average Bonchev–Trinajstić information content (AvgIpc) is 2.90. The van der Waals surface area contributed by atoms with Crippen LogP contribution in [0.3, 0.4) is 0 Å². The fraction of sp³-hybridized carbons (Fsp3) is 0.235. The van der Waals surface area contributed by atoms with Crippen molar-refractivity contribution in [3.8, 4) is 0 Å². The van der Waals surface area contributed by atoms with Crippen LogP contribution in [0.4, 0.5) is 5.69 Å². The van der Waals surface area contributed by atoms with E-state index < -0.39 is 0 Å². The predicted molar refractivity (Wildman–Crippen MR) is 82.8 cm³/mol. The second-order valence-electron chi connectivity index (χ2n) is 5.39. The molecule has 0 aliphatic carbocycles. The first-order chi connectivity index (χ1) is 10.7. The summed E-state index contributed by atoms with van der Waals surface area (Å²) in [5.74, 6) is -0.391. The van der Waals surface area contributed by atoms with Crippen LogP contribution in [-0.4, -0.2) is 28.2 Å². The highest BCUT2D eigenvalue weighted by atomic mass is 16.2. The lowest BCUT2D eigenvalue weighted by molar-refractivity contribution is -0.128. The first-order valence-electron chi connectivity index (χ1n) is 7.25. The van der Waals surface area contributed by atoms with Crippen molar-refractivity contribution in [2.24, 2.45) is 5.92 Å². The molecular formula is C17H17N3O2. The number of nitrogens with one attached hydrogen (secondary N) is 1. The van der Waals surface area contributed by atoms with Crippen LogP contribution < -0.4 is 5.32 Å². The van der Waals surface area contributed by atoms with Gasteiger partial charge in [-0.05, 0) is 17.7 Å². The zero-order valence-electron chi connectivity index (χ0n) is 12.1. The number of aromatic nitrogens is 1. The highest BCUT2D eigenvalue weighted by Crippen LogP contribution is 2.21. The Bertz CT molecular complexity index is 658. The molecule has 1 N–H and O–H groups in total. The number of carbonyl (C=O) groups is 2. The van der Waals surface area contributed by atoms with Gasteiger partial charge in [-0.15, -0.1) is 0 Å². The van der Waals surface area contributed by atoms with E-state index in [0.29, 0.717) is 18.8 Å². The molecule has 2 aromatic rings. The fourth-order valence-electron chi connectivity index (χ4n) is 2.58. The van der Waals surface area contributed by atoms with Crippen LogP contribution in [0.25, 0.3) is 0 Å². The molecule has 1 fully saturated rings. The van der Waals surface area contributed by atoms with Crippen LogP contribution >= 0.6 is 0 Å². The molecule has 112 valence electrons. The maximum Gasteiger partial charge on any atom is 0.229 e. The summed E-state index contributed by atoms with van der Waals surface area (Å²) in [4.78, 5) is 30.0. The van der Waals surface area contributed by atoms with Gasteiger partial charge in [-0.1, -0.05) is 30.3 Å². The number of likely N-dealkylation sites (tertiary alicyclic amines) is 1. The van der Waals surface area contributed by atoms with Gasteiger partial charge in [0, 0.05) is 37.6 Å². The van der Waals surface area contributed by atoms with Crippen molar-refractivity contribution < 1.29 is 9.59 Å². The highest BCUT2D eigenvalue weighted by Gasteiger charge is 2.34. The largest absolute Gasteiger partial charge is 0.338 e. The van der Waals surface area contributed by atoms with Crippen molar-refractivity contribution in [2.45, 2.75) is 13.0 Å². The van der Waals surface area contributed by atoms with Gasteiger partial charge in [0.15, 0.2) is 0 Å². The molecule has 3 rings (SSSR count). The van der Waals surface area contributed by atoms with Crippen LogP contribution in [0.1, 0.15) is 12.0 Å². The number of hydrogen-bond donors (Lipinski definition) is 1. The molecule has 0 bridgehead atoms. The van der Waals surface area contributed by atoms with Crippen molar-refractivity contribution in [3.63, 3.8) is 0 Å². The molecule has 1 aromatic carbocycles. The van der Waals surface area contributed by atoms with Crippen molar-refractivity contribution in [1.29, 1.82) is 0 Å². The second kappa shape index (κ2) is 6.39. The standard InChI is InChI=1S/C17H17N3O2/c21-16-10-14(17(22)19-15-6-8-18-9-7-15)12-20(16)11-13-4-2-1-3-5-13/h1-9,14H,10-12H2,(H,18,19,22)/t14-/m0/s1. The molecule has 5 heteroatoms. The summed E-state index contributed by atoms with van der Waals surface area (Å²) in [6.07, 6.45) is 3.51. The van der Waals surface area contributed by atoms with Crippen molar-refractivity contribution in [3.05, 3.63) is 60.4 Å². The van der Waals surface area contributed by atoms with E-state index >= 15 is 0 Å². The normalized spacial score (nSPS) is 17.5. The minimum atomic E-state index is -0.302. The van der Waals surface area contributed by atoms with Crippen LogP contribution in [-0.2, 0) is 16.1 Å². The lowest BCUT2D eigenvalue weighted by atomic mass is 10.1. The van der Waals surface area contributed by atoms with E-state index in [-0.39, 0.29) is 24.2 Å². The van der Waals surface area contributed by atoms with Gasteiger partial charge in [-0.2, -0.15) is 0 Å². The summed E-state index contributed by atoms with van der Waals surface area (Å²) in [5.41, 5.74) is 1.78. The molecule has 0 radical (unpaired) electrons. The third kappa shape index (κ3) is 3.31. The molecule has 1 aliphatic rings. The molecule has 2 heterocycles. The van der Waals surface area contributed by atoms with Gasteiger partial charge in [-0.3, -0.25) is 14.6 Å². The Kier molecular flexibility index (Phi) is 4.14. The van der Waals surface area contributed by atoms with Crippen molar-refractivity contribution in [1.82, 2.24) is 9.88 Å². The minimum Gasteiger partial charge on any atom is -0.338 e. The molecule has 1 saturated heterocycles. The number of carbonyl (C=O) groups excluding carboxylic acids is 2. The Morgan fingerprint density at radius 1 is 1.18 bits per heavy atom. The van der Waals surface area contributed by atoms with Gasteiger partial charge in [-0.25, -0.2) is 0 Å². The fourth-order valence-corrected chi connectivity index (χ4v) is 2.58. The summed E-state index contributed by atoms with van der Waals surface area (Å²) in [7, 11) is 0. The smallest absolute Gasteiger partial charge is 0.229 e. The molecule has 22 heavy (non-hydrogen) atoms.